The van der Waals surface area contributed by atoms with Crippen molar-refractivity contribution in [3.63, 3.8) is 0 Å². The first-order valence-electron chi connectivity index (χ1n) is 8.48. The molecule has 4 aromatic rings. The zero-order valence-electron chi connectivity index (χ0n) is 15.0. The molecule has 0 bridgehead atoms. The topological polar surface area (TPSA) is 67.9 Å². The Morgan fingerprint density at radius 2 is 1.70 bits per heavy atom. The van der Waals surface area contributed by atoms with E-state index >= 15 is 0 Å². The average Bonchev–Trinajstić information content (AvgIpc) is 2.67. The molecule has 2 aromatic heterocycles. The van der Waals surface area contributed by atoms with E-state index < -0.39 is 0 Å². The molecule has 0 aliphatic carbocycles. The van der Waals surface area contributed by atoms with Crippen LogP contribution in [0.15, 0.2) is 60.9 Å². The summed E-state index contributed by atoms with van der Waals surface area (Å²) < 4.78 is 13.8. The molecule has 4 rings (SSSR count). The number of benzene rings is 2. The third kappa shape index (κ3) is 3.17. The molecule has 0 saturated carbocycles. The van der Waals surface area contributed by atoms with Gasteiger partial charge in [-0.1, -0.05) is 24.3 Å². The van der Waals surface area contributed by atoms with Crippen molar-refractivity contribution in [1.82, 2.24) is 15.0 Å². The zero-order chi connectivity index (χ0) is 19.0. The summed E-state index contributed by atoms with van der Waals surface area (Å²) in [6, 6.07) is 16.3. The summed E-state index contributed by atoms with van der Waals surface area (Å²) in [5.41, 5.74) is 10.8. The van der Waals surface area contributed by atoms with E-state index in [9.17, 15) is 4.39 Å². The van der Waals surface area contributed by atoms with Crippen molar-refractivity contribution in [3.8, 4) is 22.4 Å². The number of nitrogens with two attached hydrogens (primary N) is 1. The lowest BCUT2D eigenvalue weighted by molar-refractivity contribution is 0.628. The van der Waals surface area contributed by atoms with Gasteiger partial charge in [0.05, 0.1) is 11.1 Å². The van der Waals surface area contributed by atoms with Gasteiger partial charge in [0.1, 0.15) is 18.0 Å². The zero-order valence-corrected chi connectivity index (χ0v) is 15.0. The molecule has 5 nitrogen and oxygen atoms in total. The fourth-order valence-corrected chi connectivity index (χ4v) is 3.05. The van der Waals surface area contributed by atoms with Gasteiger partial charge in [-0.25, -0.2) is 19.3 Å². The number of pyridine rings is 1. The van der Waals surface area contributed by atoms with Gasteiger partial charge in [0.25, 0.3) is 0 Å². The van der Waals surface area contributed by atoms with E-state index in [0.717, 1.165) is 22.5 Å². The molecule has 0 radical (unpaired) electrons. The van der Waals surface area contributed by atoms with Crippen molar-refractivity contribution in [2.75, 3.05) is 24.7 Å². The third-order valence-electron chi connectivity index (χ3n) is 4.45. The molecule has 27 heavy (non-hydrogen) atoms. The van der Waals surface area contributed by atoms with Crippen LogP contribution in [0.5, 0.6) is 0 Å². The standard InChI is InChI=1S/C21H18FN5/c1-27(2)16-8-6-13(7-9-16)18-11-17(14-4-3-5-15(22)10-14)19-20(23)24-12-25-21(19)26-18/h3-12H,1-2H3,(H2,23,24,25,26). The van der Waals surface area contributed by atoms with Crippen molar-refractivity contribution in [2.45, 2.75) is 0 Å². The molecule has 0 atom stereocenters. The van der Waals surface area contributed by atoms with E-state index in [0.29, 0.717) is 22.4 Å². The van der Waals surface area contributed by atoms with Gasteiger partial charge < -0.3 is 10.6 Å². The lowest BCUT2D eigenvalue weighted by Crippen LogP contribution is -2.08. The summed E-state index contributed by atoms with van der Waals surface area (Å²) in [5.74, 6) is 0.00559. The third-order valence-corrected chi connectivity index (χ3v) is 4.45. The Bertz CT molecular complexity index is 1120. The molecule has 2 aromatic carbocycles. The van der Waals surface area contributed by atoms with Crippen LogP contribution >= 0.6 is 0 Å². The molecule has 0 aliphatic heterocycles. The number of rotatable bonds is 3. The second kappa shape index (κ2) is 6.64. The van der Waals surface area contributed by atoms with Crippen LogP contribution in [-0.4, -0.2) is 29.0 Å². The van der Waals surface area contributed by atoms with E-state index in [1.165, 1.54) is 18.5 Å². The number of anilines is 2. The smallest absolute Gasteiger partial charge is 0.165 e. The number of hydrogen-bond acceptors (Lipinski definition) is 5. The minimum absolute atomic E-state index is 0.315. The maximum Gasteiger partial charge on any atom is 0.165 e. The highest BCUT2D eigenvalue weighted by Crippen LogP contribution is 2.34. The minimum atomic E-state index is -0.315. The van der Waals surface area contributed by atoms with E-state index in [4.69, 9.17) is 5.73 Å². The number of fused-ring (bicyclic) bond motifs is 1. The largest absolute Gasteiger partial charge is 0.383 e. The van der Waals surface area contributed by atoms with Gasteiger partial charge in [-0.15, -0.1) is 0 Å². The Morgan fingerprint density at radius 1 is 0.926 bits per heavy atom. The Morgan fingerprint density at radius 3 is 2.41 bits per heavy atom. The second-order valence-electron chi connectivity index (χ2n) is 6.46. The molecule has 0 fully saturated rings. The SMILES string of the molecule is CN(C)c1ccc(-c2cc(-c3cccc(F)c3)c3c(N)ncnc3n2)cc1. The summed E-state index contributed by atoms with van der Waals surface area (Å²) in [7, 11) is 3.98. The van der Waals surface area contributed by atoms with Gasteiger partial charge in [0.15, 0.2) is 5.65 Å². The summed E-state index contributed by atoms with van der Waals surface area (Å²) in [5, 5.41) is 0.622. The summed E-state index contributed by atoms with van der Waals surface area (Å²) in [4.78, 5) is 15.0. The molecule has 0 unspecified atom stereocenters. The van der Waals surface area contributed by atoms with Crippen molar-refractivity contribution in [3.05, 3.63) is 66.7 Å². The van der Waals surface area contributed by atoms with Crippen LogP contribution in [0.1, 0.15) is 0 Å². The quantitative estimate of drug-likeness (QED) is 0.595. The maximum atomic E-state index is 13.8. The van der Waals surface area contributed by atoms with Crippen LogP contribution in [-0.2, 0) is 0 Å². The molecule has 2 N–H and O–H groups in total. The normalized spacial score (nSPS) is 10.9. The molecule has 134 valence electrons. The van der Waals surface area contributed by atoms with Crippen molar-refractivity contribution < 1.29 is 4.39 Å². The van der Waals surface area contributed by atoms with Crippen LogP contribution < -0.4 is 10.6 Å². The van der Waals surface area contributed by atoms with Crippen molar-refractivity contribution >= 4 is 22.5 Å². The lowest BCUT2D eigenvalue weighted by atomic mass is 9.99. The van der Waals surface area contributed by atoms with Crippen molar-refractivity contribution in [2.24, 2.45) is 0 Å². The number of aromatic nitrogens is 3. The van der Waals surface area contributed by atoms with E-state index in [1.54, 1.807) is 6.07 Å². The highest BCUT2D eigenvalue weighted by Gasteiger charge is 2.14. The molecule has 0 saturated heterocycles. The minimum Gasteiger partial charge on any atom is -0.383 e. The Hall–Kier alpha value is -3.54. The molecule has 2 heterocycles. The molecule has 0 amide bonds. The van der Waals surface area contributed by atoms with Crippen LogP contribution in [0.4, 0.5) is 15.9 Å². The first kappa shape index (κ1) is 16.9. The van der Waals surface area contributed by atoms with Crippen LogP contribution in [0.3, 0.4) is 0 Å². The Labute approximate surface area is 156 Å². The van der Waals surface area contributed by atoms with Gasteiger partial charge in [-0.2, -0.15) is 0 Å². The predicted molar refractivity (Wildman–Crippen MR) is 107 cm³/mol. The molecule has 6 heteroatoms. The van der Waals surface area contributed by atoms with Gasteiger partial charge in [0.2, 0.25) is 0 Å². The van der Waals surface area contributed by atoms with E-state index in [1.807, 2.05) is 55.4 Å². The average molecular weight is 359 g/mol. The number of halogens is 1. The second-order valence-corrected chi connectivity index (χ2v) is 6.46. The van der Waals surface area contributed by atoms with Crippen LogP contribution in [0.25, 0.3) is 33.4 Å². The molecular formula is C21H18FN5. The first-order chi connectivity index (χ1) is 13.0. The number of hydrogen-bond donors (Lipinski definition) is 1. The summed E-state index contributed by atoms with van der Waals surface area (Å²) in [6.45, 7) is 0. The van der Waals surface area contributed by atoms with Crippen LogP contribution in [0, 0.1) is 5.82 Å². The molecule has 0 spiro atoms. The van der Waals surface area contributed by atoms with Gasteiger partial charge in [0, 0.05) is 25.3 Å². The first-order valence-corrected chi connectivity index (χ1v) is 8.48. The highest BCUT2D eigenvalue weighted by molar-refractivity contribution is 6.00. The lowest BCUT2D eigenvalue weighted by Gasteiger charge is -2.14. The Balaban J connectivity index is 1.95. The van der Waals surface area contributed by atoms with Gasteiger partial charge >= 0.3 is 0 Å². The fraction of sp³-hybridized carbons (Fsp3) is 0.0952. The Kier molecular flexibility index (Phi) is 4.16. The van der Waals surface area contributed by atoms with Gasteiger partial charge in [-0.3, -0.25) is 0 Å². The summed E-state index contributed by atoms with van der Waals surface area (Å²) >= 11 is 0. The van der Waals surface area contributed by atoms with E-state index in [-0.39, 0.29) is 5.82 Å². The van der Waals surface area contributed by atoms with Crippen LogP contribution in [0.2, 0.25) is 0 Å². The maximum absolute atomic E-state index is 13.8. The fourth-order valence-electron chi connectivity index (χ4n) is 3.05. The van der Waals surface area contributed by atoms with Crippen molar-refractivity contribution in [1.29, 1.82) is 0 Å². The molecule has 0 aliphatic rings. The van der Waals surface area contributed by atoms with E-state index in [2.05, 4.69) is 15.0 Å². The summed E-state index contributed by atoms with van der Waals surface area (Å²) in [6.07, 6.45) is 1.39. The number of nitrogen functional groups attached to an aromatic ring is 1. The predicted octanol–water partition coefficient (Wildman–Crippen LogP) is 4.15. The monoisotopic (exact) mass is 359 g/mol. The van der Waals surface area contributed by atoms with Gasteiger partial charge in [-0.05, 0) is 41.5 Å². The number of nitrogens with zero attached hydrogens (tertiary/aromatic N) is 4. The highest BCUT2D eigenvalue weighted by atomic mass is 19.1. The molecular weight excluding hydrogens is 341 g/mol.